The summed E-state index contributed by atoms with van der Waals surface area (Å²) in [6, 6.07) is 8.37. The number of carboxylic acid groups (broad SMARTS) is 2. The van der Waals surface area contributed by atoms with Crippen LogP contribution in [-0.2, 0) is 52.1 Å². The molecule has 2 aromatic rings. The van der Waals surface area contributed by atoms with Crippen LogP contribution in [0.2, 0.25) is 0 Å². The van der Waals surface area contributed by atoms with Crippen LogP contribution in [0.15, 0.2) is 34.3 Å². The molecule has 2 N–H and O–H groups in total. The van der Waals surface area contributed by atoms with Crippen LogP contribution in [0.3, 0.4) is 0 Å². The molecule has 0 bridgehead atoms. The third-order valence-corrected chi connectivity index (χ3v) is 6.09. The standard InChI is InChI=1S/C35H54N2O2.2C2H4O2.Co/c1-32(2,3)17-24-13-26(19-34(7,8)9)30(38)28(15-24)21-36-23-37-22-29-16-25(18-33(4,5)6)14-27(31(29)39)20-35(10,11)12;2*1-2(3)4;/h13-16,21-22,38-39H,17-20,23H2,1-12H3;2*1H3,(H,3,4);/q;;;+2/p-2. The Morgan fingerprint density at radius 2 is 0.833 bits per heavy atom. The van der Waals surface area contributed by atoms with Gasteiger partial charge < -0.3 is 30.0 Å². The Balaban J connectivity index is 0. The number of aliphatic carboxylic acids is 2. The van der Waals surface area contributed by atoms with Crippen molar-refractivity contribution in [3.05, 3.63) is 57.6 Å². The maximum atomic E-state index is 11.0. The molecular formula is C39H60CoN2O6. The zero-order chi connectivity index (χ0) is 37.0. The Labute approximate surface area is 300 Å². The molecular weight excluding hydrogens is 651 g/mol. The second-order valence-electron chi connectivity index (χ2n) is 17.1. The summed E-state index contributed by atoms with van der Waals surface area (Å²) in [4.78, 5) is 26.8. The molecule has 9 heteroatoms. The van der Waals surface area contributed by atoms with E-state index in [1.807, 2.05) is 12.1 Å². The molecule has 0 aliphatic rings. The van der Waals surface area contributed by atoms with Crippen LogP contribution >= 0.6 is 0 Å². The maximum absolute atomic E-state index is 11.0. The molecule has 1 radical (unpaired) electrons. The number of phenolic OH excluding ortho intramolecular Hbond substituents is 2. The van der Waals surface area contributed by atoms with Gasteiger partial charge in [0.2, 0.25) is 0 Å². The third-order valence-electron chi connectivity index (χ3n) is 6.09. The van der Waals surface area contributed by atoms with Crippen molar-refractivity contribution >= 4 is 24.4 Å². The fourth-order valence-electron chi connectivity index (χ4n) is 4.94. The number of rotatable bonds is 8. The van der Waals surface area contributed by atoms with Gasteiger partial charge in [0.15, 0.2) is 0 Å². The van der Waals surface area contributed by atoms with Gasteiger partial charge in [0, 0.05) is 35.5 Å². The summed E-state index contributed by atoms with van der Waals surface area (Å²) in [6.07, 6.45) is 6.88. The van der Waals surface area contributed by atoms with Gasteiger partial charge in [-0.1, -0.05) is 95.2 Å². The third kappa shape index (κ3) is 23.2. The summed E-state index contributed by atoms with van der Waals surface area (Å²) in [5.74, 6) is -1.57. The Hall–Kier alpha value is -3.17. The van der Waals surface area contributed by atoms with E-state index in [2.05, 4.69) is 105 Å². The number of carbonyl (C=O) groups is 2. The van der Waals surface area contributed by atoms with Gasteiger partial charge in [0.05, 0.1) is 0 Å². The number of aliphatic imine (C=N–C) groups is 2. The van der Waals surface area contributed by atoms with Crippen LogP contribution in [0, 0.1) is 21.7 Å². The Morgan fingerprint density at radius 3 is 1.06 bits per heavy atom. The number of carbonyl (C=O) groups excluding carboxylic acids is 2. The quantitative estimate of drug-likeness (QED) is 0.301. The molecule has 0 atom stereocenters. The number of hydrogen-bond acceptors (Lipinski definition) is 8. The zero-order valence-corrected chi connectivity index (χ0v) is 32.8. The first kappa shape index (κ1) is 46.9. The van der Waals surface area contributed by atoms with Crippen LogP contribution < -0.4 is 10.2 Å². The predicted molar refractivity (Wildman–Crippen MR) is 190 cm³/mol. The number of aromatic hydroxyl groups is 2. The molecule has 0 unspecified atom stereocenters. The Kier molecular flexibility index (Phi) is 19.3. The minimum atomic E-state index is -1.08. The van der Waals surface area contributed by atoms with Crippen molar-refractivity contribution in [2.24, 2.45) is 31.6 Å². The molecule has 0 fully saturated rings. The molecule has 0 saturated carbocycles. The summed E-state index contributed by atoms with van der Waals surface area (Å²) < 4.78 is 0. The summed E-state index contributed by atoms with van der Waals surface area (Å²) in [7, 11) is 0. The monoisotopic (exact) mass is 711 g/mol. The van der Waals surface area contributed by atoms with Crippen molar-refractivity contribution in [1.82, 2.24) is 0 Å². The first-order chi connectivity index (χ1) is 21.1. The van der Waals surface area contributed by atoms with Crippen LogP contribution in [0.4, 0.5) is 0 Å². The molecule has 0 saturated heterocycles. The summed E-state index contributed by atoms with van der Waals surface area (Å²) in [5.41, 5.74) is 6.20. The van der Waals surface area contributed by atoms with Crippen molar-refractivity contribution in [2.45, 2.75) is 123 Å². The van der Waals surface area contributed by atoms with E-state index < -0.39 is 11.9 Å². The molecule has 0 spiro atoms. The van der Waals surface area contributed by atoms with Gasteiger partial charge in [-0.25, -0.2) is 0 Å². The molecule has 0 aliphatic heterocycles. The van der Waals surface area contributed by atoms with Gasteiger partial charge in [-0.15, -0.1) is 0 Å². The second kappa shape index (κ2) is 19.7. The fourth-order valence-corrected chi connectivity index (χ4v) is 4.94. The van der Waals surface area contributed by atoms with Crippen LogP contribution in [0.1, 0.15) is 130 Å². The van der Waals surface area contributed by atoms with E-state index >= 15 is 0 Å². The number of nitrogens with zero attached hydrogens (tertiary/aromatic N) is 2. The predicted octanol–water partition coefficient (Wildman–Crippen LogP) is 6.46. The van der Waals surface area contributed by atoms with E-state index in [1.54, 1.807) is 12.4 Å². The van der Waals surface area contributed by atoms with Gasteiger partial charge in [0.25, 0.3) is 0 Å². The van der Waals surface area contributed by atoms with Crippen molar-refractivity contribution in [3.63, 3.8) is 0 Å². The van der Waals surface area contributed by atoms with Crippen molar-refractivity contribution in [1.29, 1.82) is 0 Å². The minimum absolute atomic E-state index is 0. The molecule has 8 nitrogen and oxygen atoms in total. The SMILES string of the molecule is CC(=O)[O-].CC(=O)[O-].CC(C)(C)Cc1cc(C=NCN=Cc2cc(CC(C)(C)C)cc(CC(C)(C)C)c2O)c(O)c(CC(C)(C)C)c1.[Co+2]. The number of hydrogen-bond donors (Lipinski definition) is 2. The average molecular weight is 712 g/mol. The van der Waals surface area contributed by atoms with E-state index in [0.29, 0.717) is 11.5 Å². The van der Waals surface area contributed by atoms with E-state index in [1.165, 1.54) is 11.1 Å². The van der Waals surface area contributed by atoms with Crippen LogP contribution in [-0.4, -0.2) is 41.2 Å². The zero-order valence-electron chi connectivity index (χ0n) is 31.8. The fraction of sp³-hybridized carbons (Fsp3) is 0.590. The summed E-state index contributed by atoms with van der Waals surface area (Å²) >= 11 is 0. The molecule has 271 valence electrons. The molecule has 0 aliphatic carbocycles. The van der Waals surface area contributed by atoms with Gasteiger partial charge >= 0.3 is 16.8 Å². The van der Waals surface area contributed by atoms with Crippen LogP contribution in [0.5, 0.6) is 11.5 Å². The smallest absolute Gasteiger partial charge is 0.550 e. The van der Waals surface area contributed by atoms with Crippen molar-refractivity contribution in [3.8, 4) is 11.5 Å². The first-order valence-corrected chi connectivity index (χ1v) is 16.1. The number of phenols is 2. The maximum Gasteiger partial charge on any atom is 2.00 e. The molecule has 0 aromatic heterocycles. The molecule has 0 heterocycles. The molecule has 0 amide bonds. The Morgan fingerprint density at radius 1 is 0.583 bits per heavy atom. The van der Waals surface area contributed by atoms with E-state index in [-0.39, 0.29) is 45.1 Å². The van der Waals surface area contributed by atoms with Crippen molar-refractivity contribution in [2.75, 3.05) is 6.67 Å². The van der Waals surface area contributed by atoms with Gasteiger partial charge in [-0.05, 0) is 95.6 Å². The van der Waals surface area contributed by atoms with Gasteiger partial charge in [-0.2, -0.15) is 0 Å². The summed E-state index contributed by atoms with van der Waals surface area (Å²) in [5, 5.41) is 39.8. The molecule has 2 aromatic carbocycles. The summed E-state index contributed by atoms with van der Waals surface area (Å²) in [6.45, 7) is 28.6. The first-order valence-electron chi connectivity index (χ1n) is 16.1. The van der Waals surface area contributed by atoms with Gasteiger partial charge in [-0.3, -0.25) is 9.98 Å². The minimum Gasteiger partial charge on any atom is -0.550 e. The molecule has 2 rings (SSSR count). The van der Waals surface area contributed by atoms with Crippen molar-refractivity contribution < 1.29 is 46.8 Å². The average Bonchev–Trinajstić information content (AvgIpc) is 2.79. The van der Waals surface area contributed by atoms with E-state index in [4.69, 9.17) is 19.8 Å². The van der Waals surface area contributed by atoms with Gasteiger partial charge in [0.1, 0.15) is 18.2 Å². The molecule has 48 heavy (non-hydrogen) atoms. The number of benzene rings is 2. The van der Waals surface area contributed by atoms with E-state index in [0.717, 1.165) is 61.8 Å². The Bertz CT molecular complexity index is 1270. The van der Waals surface area contributed by atoms with E-state index in [9.17, 15) is 10.2 Å². The number of carboxylic acids is 2. The largest absolute Gasteiger partial charge is 2.00 e. The second-order valence-corrected chi connectivity index (χ2v) is 17.1. The van der Waals surface area contributed by atoms with Crippen LogP contribution in [0.25, 0.3) is 0 Å². The topological polar surface area (TPSA) is 145 Å². The normalized spacial score (nSPS) is 12.1.